The molecule has 0 saturated carbocycles. The molecule has 0 radical (unpaired) electrons. The van der Waals surface area contributed by atoms with Gasteiger partial charge in [0.15, 0.2) is 0 Å². The third-order valence-electron chi connectivity index (χ3n) is 4.36. The quantitative estimate of drug-likeness (QED) is 0.804. The van der Waals surface area contributed by atoms with Gasteiger partial charge in [0.1, 0.15) is 12.0 Å². The Morgan fingerprint density at radius 1 is 0.760 bits per heavy atom. The van der Waals surface area contributed by atoms with Crippen LogP contribution in [0.3, 0.4) is 0 Å². The lowest BCUT2D eigenvalue weighted by Gasteiger charge is -2.27. The van der Waals surface area contributed by atoms with Gasteiger partial charge in [0, 0.05) is 0 Å². The summed E-state index contributed by atoms with van der Waals surface area (Å²) < 4.78 is 11.1. The maximum absolute atomic E-state index is 13.1. The van der Waals surface area contributed by atoms with Crippen LogP contribution < -0.4 is 10.0 Å². The zero-order valence-electron chi connectivity index (χ0n) is 13.6. The van der Waals surface area contributed by atoms with Gasteiger partial charge in [-0.05, 0) is 24.3 Å². The maximum atomic E-state index is 13.1. The number of carbonyl (C=O) groups excluding carboxylic acids is 2. The Kier molecular flexibility index (Phi) is 4.21. The van der Waals surface area contributed by atoms with E-state index in [-0.39, 0.29) is 18.4 Å². The van der Waals surface area contributed by atoms with E-state index in [0.29, 0.717) is 24.6 Å². The molecule has 6 nitrogen and oxygen atoms in total. The van der Waals surface area contributed by atoms with E-state index in [1.807, 2.05) is 60.7 Å². The summed E-state index contributed by atoms with van der Waals surface area (Å²) in [5, 5.41) is 2.86. The molecule has 2 heterocycles. The predicted octanol–water partition coefficient (Wildman–Crippen LogP) is 2.01. The molecule has 1 unspecified atom stereocenters. The second-order valence-electron chi connectivity index (χ2n) is 5.93. The highest BCUT2D eigenvalue weighted by molar-refractivity contribution is 6.23. The van der Waals surface area contributed by atoms with Crippen LogP contribution in [0.5, 0.6) is 0 Å². The van der Waals surface area contributed by atoms with Crippen LogP contribution in [0.4, 0.5) is 11.4 Å². The number of hydrogen-bond donors (Lipinski definition) is 0. The van der Waals surface area contributed by atoms with Gasteiger partial charge in [0.2, 0.25) is 0 Å². The van der Waals surface area contributed by atoms with Crippen LogP contribution in [0.15, 0.2) is 60.7 Å². The number of hydrazine groups is 1. The van der Waals surface area contributed by atoms with E-state index >= 15 is 0 Å². The Hall–Kier alpha value is -2.70. The number of nitrogens with zero attached hydrogens (tertiary/aromatic N) is 2. The highest BCUT2D eigenvalue weighted by atomic mass is 16.6. The van der Waals surface area contributed by atoms with E-state index in [1.54, 1.807) is 0 Å². The summed E-state index contributed by atoms with van der Waals surface area (Å²) in [6.45, 7) is 1.11. The zero-order valence-corrected chi connectivity index (χ0v) is 13.6. The first-order valence-electron chi connectivity index (χ1n) is 8.24. The highest BCUT2D eigenvalue weighted by Gasteiger charge is 2.51. The number of amides is 2. The molecule has 128 valence electrons. The van der Waals surface area contributed by atoms with E-state index in [9.17, 15) is 9.59 Å². The Labute approximate surface area is 145 Å². The third-order valence-corrected chi connectivity index (χ3v) is 4.36. The molecule has 2 aromatic rings. The molecule has 2 saturated heterocycles. The average molecular weight is 338 g/mol. The number of anilines is 2. The van der Waals surface area contributed by atoms with Gasteiger partial charge < -0.3 is 9.47 Å². The Morgan fingerprint density at radius 2 is 1.28 bits per heavy atom. The van der Waals surface area contributed by atoms with E-state index in [1.165, 1.54) is 10.0 Å². The van der Waals surface area contributed by atoms with Gasteiger partial charge >= 0.3 is 0 Å². The average Bonchev–Trinajstić information content (AvgIpc) is 2.94. The highest BCUT2D eigenvalue weighted by Crippen LogP contribution is 2.34. The summed E-state index contributed by atoms with van der Waals surface area (Å²) in [7, 11) is 0. The number of hydrogen-bond acceptors (Lipinski definition) is 4. The molecule has 2 amide bonds. The normalized spacial score (nSPS) is 21.8. The topological polar surface area (TPSA) is 59.1 Å². The van der Waals surface area contributed by atoms with E-state index in [0.717, 1.165) is 0 Å². The molecular formula is C19H18N2O4. The second-order valence-corrected chi connectivity index (χ2v) is 5.93. The van der Waals surface area contributed by atoms with Crippen molar-refractivity contribution in [2.45, 2.75) is 6.10 Å². The summed E-state index contributed by atoms with van der Waals surface area (Å²) in [4.78, 5) is 26.3. The first-order chi connectivity index (χ1) is 12.3. The molecule has 25 heavy (non-hydrogen) atoms. The van der Waals surface area contributed by atoms with Crippen LogP contribution in [0, 0.1) is 5.92 Å². The molecule has 2 aliphatic rings. The van der Waals surface area contributed by atoms with Gasteiger partial charge in [-0.3, -0.25) is 9.59 Å². The smallest absolute Gasteiger partial charge is 0.261 e. The van der Waals surface area contributed by atoms with Crippen molar-refractivity contribution in [2.75, 3.05) is 29.8 Å². The van der Waals surface area contributed by atoms with Gasteiger partial charge in [0.25, 0.3) is 11.8 Å². The SMILES string of the molecule is O=C1C(C2COCCO2)C(=O)N(c2ccccc2)N1c1ccccc1. The lowest BCUT2D eigenvalue weighted by molar-refractivity contribution is -0.146. The summed E-state index contributed by atoms with van der Waals surface area (Å²) in [5.41, 5.74) is 1.29. The number of ether oxygens (including phenoxy) is 2. The van der Waals surface area contributed by atoms with Crippen LogP contribution in [0.2, 0.25) is 0 Å². The van der Waals surface area contributed by atoms with Gasteiger partial charge in [0.05, 0.1) is 31.2 Å². The minimum absolute atomic E-state index is 0.243. The predicted molar refractivity (Wildman–Crippen MR) is 91.9 cm³/mol. The molecule has 0 spiro atoms. The number of benzene rings is 2. The Balaban J connectivity index is 1.76. The van der Waals surface area contributed by atoms with Gasteiger partial charge in [-0.1, -0.05) is 36.4 Å². The maximum Gasteiger partial charge on any atom is 0.261 e. The molecule has 2 fully saturated rings. The van der Waals surface area contributed by atoms with E-state index in [2.05, 4.69) is 0 Å². The summed E-state index contributed by atoms with van der Waals surface area (Å²) in [6, 6.07) is 18.3. The van der Waals surface area contributed by atoms with Crippen molar-refractivity contribution in [3.05, 3.63) is 60.7 Å². The minimum atomic E-state index is -0.902. The third kappa shape index (κ3) is 2.79. The van der Waals surface area contributed by atoms with Crippen molar-refractivity contribution in [1.29, 1.82) is 0 Å². The van der Waals surface area contributed by atoms with Crippen LogP contribution in [-0.4, -0.2) is 37.7 Å². The summed E-state index contributed by atoms with van der Waals surface area (Å²) in [5.74, 6) is -1.49. The molecule has 6 heteroatoms. The fourth-order valence-corrected chi connectivity index (χ4v) is 3.21. The fraction of sp³-hybridized carbons (Fsp3) is 0.263. The van der Waals surface area contributed by atoms with Crippen molar-refractivity contribution in [3.63, 3.8) is 0 Å². The summed E-state index contributed by atoms with van der Waals surface area (Å²) >= 11 is 0. The van der Waals surface area contributed by atoms with Crippen molar-refractivity contribution >= 4 is 23.2 Å². The van der Waals surface area contributed by atoms with Crippen molar-refractivity contribution in [3.8, 4) is 0 Å². The molecule has 2 aliphatic heterocycles. The lowest BCUT2D eigenvalue weighted by Crippen LogP contribution is -2.41. The van der Waals surface area contributed by atoms with Crippen molar-refractivity contribution in [2.24, 2.45) is 5.92 Å². The van der Waals surface area contributed by atoms with Crippen molar-refractivity contribution < 1.29 is 19.1 Å². The fourth-order valence-electron chi connectivity index (χ4n) is 3.21. The van der Waals surface area contributed by atoms with Crippen LogP contribution in [-0.2, 0) is 19.1 Å². The molecular weight excluding hydrogens is 320 g/mol. The zero-order chi connectivity index (χ0) is 17.2. The second kappa shape index (κ2) is 6.66. The minimum Gasteiger partial charge on any atom is -0.376 e. The van der Waals surface area contributed by atoms with Crippen LogP contribution in [0.25, 0.3) is 0 Å². The molecule has 0 aromatic heterocycles. The van der Waals surface area contributed by atoms with Crippen LogP contribution >= 0.6 is 0 Å². The molecule has 0 N–H and O–H groups in total. The molecule has 1 atom stereocenters. The Bertz CT molecular complexity index is 702. The molecule has 0 aliphatic carbocycles. The van der Waals surface area contributed by atoms with Gasteiger partial charge in [-0.25, -0.2) is 10.0 Å². The van der Waals surface area contributed by atoms with Crippen molar-refractivity contribution in [1.82, 2.24) is 0 Å². The first kappa shape index (κ1) is 15.8. The largest absolute Gasteiger partial charge is 0.376 e. The molecule has 4 rings (SSSR count). The van der Waals surface area contributed by atoms with Crippen LogP contribution in [0.1, 0.15) is 0 Å². The number of rotatable bonds is 3. The van der Waals surface area contributed by atoms with Gasteiger partial charge in [-0.2, -0.15) is 0 Å². The standard InChI is InChI=1S/C19H18N2O4/c22-18-17(16-13-24-11-12-25-16)19(23)21(15-9-5-2-6-10-15)20(18)14-7-3-1-4-8-14/h1-10,16-17H,11-13H2. The number of carbonyl (C=O) groups is 2. The summed E-state index contributed by atoms with van der Waals surface area (Å²) in [6.07, 6.45) is -0.561. The van der Waals surface area contributed by atoms with Gasteiger partial charge in [-0.15, -0.1) is 0 Å². The molecule has 0 bridgehead atoms. The lowest BCUT2D eigenvalue weighted by atomic mass is 10.0. The monoisotopic (exact) mass is 338 g/mol. The molecule has 2 aromatic carbocycles. The number of para-hydroxylation sites is 2. The first-order valence-corrected chi connectivity index (χ1v) is 8.24. The van der Waals surface area contributed by atoms with E-state index < -0.39 is 12.0 Å². The Morgan fingerprint density at radius 3 is 1.72 bits per heavy atom. The van der Waals surface area contributed by atoms with E-state index in [4.69, 9.17) is 9.47 Å².